The predicted octanol–water partition coefficient (Wildman–Crippen LogP) is 7.44. The highest BCUT2D eigenvalue weighted by Crippen LogP contribution is 2.41. The van der Waals surface area contributed by atoms with E-state index in [9.17, 15) is 9.90 Å². The van der Waals surface area contributed by atoms with Crippen molar-refractivity contribution in [1.82, 2.24) is 14.5 Å². The van der Waals surface area contributed by atoms with Crippen molar-refractivity contribution >= 4 is 51.0 Å². The smallest absolute Gasteiger partial charge is 0.307 e. The first-order chi connectivity index (χ1) is 19.8. The lowest BCUT2D eigenvalue weighted by Crippen LogP contribution is -2.10. The molecule has 0 saturated carbocycles. The summed E-state index contributed by atoms with van der Waals surface area (Å²) >= 11 is 7.63. The molecule has 0 aliphatic carbocycles. The van der Waals surface area contributed by atoms with Crippen LogP contribution in [0.25, 0.3) is 43.4 Å². The molecule has 0 atom stereocenters. The first kappa shape index (κ1) is 30.9. The highest BCUT2D eigenvalue weighted by molar-refractivity contribution is 7.22. The van der Waals surface area contributed by atoms with E-state index in [-0.39, 0.29) is 6.42 Å². The number of aryl methyl sites for hydroxylation is 2. The van der Waals surface area contributed by atoms with Gasteiger partial charge in [0.05, 0.1) is 22.2 Å². The van der Waals surface area contributed by atoms with Crippen molar-refractivity contribution in [2.75, 3.05) is 12.4 Å². The third kappa shape index (κ3) is 7.05. The van der Waals surface area contributed by atoms with Gasteiger partial charge in [-0.2, -0.15) is 0 Å². The number of nitrogens with one attached hydrogen (secondary N) is 2. The summed E-state index contributed by atoms with van der Waals surface area (Å²) in [5.41, 5.74) is 6.99. The lowest BCUT2D eigenvalue weighted by Gasteiger charge is -2.13. The number of imidazole rings is 1. The summed E-state index contributed by atoms with van der Waals surface area (Å²) in [6.45, 7) is 7.15. The van der Waals surface area contributed by atoms with Crippen LogP contribution in [0.3, 0.4) is 0 Å². The van der Waals surface area contributed by atoms with Crippen LogP contribution >= 0.6 is 22.9 Å². The van der Waals surface area contributed by atoms with Crippen LogP contribution in [0.15, 0.2) is 54.7 Å². The van der Waals surface area contributed by atoms with Gasteiger partial charge in [-0.05, 0) is 80.8 Å². The molecular formula is C32H34ClN5O3S. The molecule has 8 nitrogen and oxygen atoms in total. The summed E-state index contributed by atoms with van der Waals surface area (Å²) in [5, 5.41) is 30.3. The van der Waals surface area contributed by atoms with Crippen molar-refractivity contribution in [3.63, 3.8) is 0 Å². The number of hydrogen-bond donors (Lipinski definition) is 4. The zero-order valence-corrected chi connectivity index (χ0v) is 26.0. The van der Waals surface area contributed by atoms with Gasteiger partial charge in [0.1, 0.15) is 16.5 Å². The van der Waals surface area contributed by atoms with E-state index in [1.54, 1.807) is 20.8 Å². The number of anilines is 1. The van der Waals surface area contributed by atoms with Gasteiger partial charge in [-0.25, -0.2) is 9.97 Å². The second-order valence-electron chi connectivity index (χ2n) is 10.9. The summed E-state index contributed by atoms with van der Waals surface area (Å²) < 4.78 is 2.86. The number of carbonyl (C=O) groups is 1. The molecule has 10 heteroatoms. The summed E-state index contributed by atoms with van der Waals surface area (Å²) in [7, 11) is 3.76. The molecule has 0 amide bonds. The molecule has 0 fully saturated rings. The monoisotopic (exact) mass is 603 g/mol. The van der Waals surface area contributed by atoms with Crippen molar-refractivity contribution in [3.05, 3.63) is 76.4 Å². The Hall–Kier alpha value is -4.05. The summed E-state index contributed by atoms with van der Waals surface area (Å²) in [6.07, 6.45) is 3.18. The molecule has 0 saturated heterocycles. The molecule has 0 spiro atoms. The maximum atomic E-state index is 11.7. The zero-order valence-electron chi connectivity index (χ0n) is 24.4. The van der Waals surface area contributed by atoms with Gasteiger partial charge in [-0.15, -0.1) is 11.3 Å². The Labute approximate surface area is 254 Å². The molecule has 218 valence electrons. The van der Waals surface area contributed by atoms with E-state index in [0.29, 0.717) is 5.02 Å². The van der Waals surface area contributed by atoms with Crippen LogP contribution in [0.5, 0.6) is 0 Å². The third-order valence-electron chi connectivity index (χ3n) is 6.30. The van der Waals surface area contributed by atoms with E-state index >= 15 is 0 Å². The molecule has 2 aromatic heterocycles. The summed E-state index contributed by atoms with van der Waals surface area (Å²) in [6, 6.07) is 15.2. The number of halogens is 1. The van der Waals surface area contributed by atoms with Gasteiger partial charge in [0, 0.05) is 53.9 Å². The predicted molar refractivity (Wildman–Crippen MR) is 173 cm³/mol. The zero-order chi connectivity index (χ0) is 30.8. The van der Waals surface area contributed by atoms with Crippen molar-refractivity contribution in [2.45, 2.75) is 39.7 Å². The first-order valence-corrected chi connectivity index (χ1v) is 14.5. The molecule has 0 aliphatic rings. The van der Waals surface area contributed by atoms with Crippen LogP contribution in [0, 0.1) is 12.3 Å². The average Bonchev–Trinajstić information content (AvgIpc) is 3.51. The van der Waals surface area contributed by atoms with Gasteiger partial charge < -0.3 is 25.5 Å². The maximum Gasteiger partial charge on any atom is 0.307 e. The number of hydrogen-bond acceptors (Lipinski definition) is 7. The summed E-state index contributed by atoms with van der Waals surface area (Å²) in [5.74, 6) is -0.119. The summed E-state index contributed by atoms with van der Waals surface area (Å²) in [4.78, 5) is 21.5. The molecule has 0 radical (unpaired) electrons. The van der Waals surface area contributed by atoms with Crippen molar-refractivity contribution in [3.8, 4) is 33.2 Å². The number of carboxylic acid groups (broad SMARTS) is 1. The highest BCUT2D eigenvalue weighted by Gasteiger charge is 2.21. The lowest BCUT2D eigenvalue weighted by molar-refractivity contribution is -0.136. The molecule has 0 unspecified atom stereocenters. The van der Waals surface area contributed by atoms with Crippen molar-refractivity contribution in [2.24, 2.45) is 7.05 Å². The van der Waals surface area contributed by atoms with Gasteiger partial charge in [0.25, 0.3) is 0 Å². The van der Waals surface area contributed by atoms with Crippen LogP contribution in [-0.4, -0.2) is 49.6 Å². The molecule has 2 heterocycles. The second-order valence-corrected chi connectivity index (χ2v) is 12.4. The van der Waals surface area contributed by atoms with Gasteiger partial charge >= 0.3 is 5.97 Å². The molecule has 0 aliphatic heterocycles. The number of thiazole rings is 1. The van der Waals surface area contributed by atoms with Crippen molar-refractivity contribution in [1.29, 1.82) is 5.41 Å². The fourth-order valence-electron chi connectivity index (χ4n) is 4.53. The van der Waals surface area contributed by atoms with E-state index in [0.717, 1.165) is 65.8 Å². The van der Waals surface area contributed by atoms with Crippen LogP contribution in [0.2, 0.25) is 5.02 Å². The Morgan fingerprint density at radius 1 is 1.12 bits per heavy atom. The topological polar surface area (TPSA) is 124 Å². The number of aliphatic hydroxyl groups is 1. The largest absolute Gasteiger partial charge is 0.481 e. The first-order valence-electron chi connectivity index (χ1n) is 13.3. The molecule has 42 heavy (non-hydrogen) atoms. The number of aliphatic carboxylic acids is 1. The maximum absolute atomic E-state index is 11.7. The number of carboxylic acids is 1. The van der Waals surface area contributed by atoms with E-state index in [4.69, 9.17) is 32.1 Å². The van der Waals surface area contributed by atoms with Gasteiger partial charge in [-0.3, -0.25) is 4.79 Å². The minimum atomic E-state index is -0.884. The molecule has 5 rings (SSSR count). The minimum absolute atomic E-state index is 0.0847. The lowest BCUT2D eigenvalue weighted by atomic mass is 9.93. The van der Waals surface area contributed by atoms with Crippen LogP contribution < -0.4 is 5.32 Å². The van der Waals surface area contributed by atoms with E-state index in [2.05, 4.69) is 5.32 Å². The van der Waals surface area contributed by atoms with Crippen molar-refractivity contribution < 1.29 is 15.0 Å². The Balaban J connectivity index is 0.000000748. The fraction of sp³-hybridized carbons (Fsp3) is 0.250. The van der Waals surface area contributed by atoms with Gasteiger partial charge in [0.2, 0.25) is 0 Å². The minimum Gasteiger partial charge on any atom is -0.481 e. The fourth-order valence-corrected chi connectivity index (χ4v) is 5.75. The Morgan fingerprint density at radius 2 is 1.76 bits per heavy atom. The normalized spacial score (nSPS) is 11.2. The molecule has 4 N–H and O–H groups in total. The average molecular weight is 604 g/mol. The third-order valence-corrected chi connectivity index (χ3v) is 7.67. The van der Waals surface area contributed by atoms with Crippen LogP contribution in [-0.2, 0) is 18.3 Å². The molecular weight excluding hydrogens is 570 g/mol. The van der Waals surface area contributed by atoms with Crippen LogP contribution in [0.4, 0.5) is 5.69 Å². The van der Waals surface area contributed by atoms with E-state index in [1.165, 1.54) is 17.6 Å². The number of nitrogens with zero attached hydrogens (tertiary/aromatic N) is 3. The van der Waals surface area contributed by atoms with E-state index in [1.807, 2.05) is 80.3 Å². The van der Waals surface area contributed by atoms with Gasteiger partial charge in [-0.1, -0.05) is 23.7 Å². The SMILES string of the molecule is CC(C)(C)O.CNc1ccc(-c2nc(-c3nc4cc(C)c(CC(=O)O)c(-c5ccc(Cl)cc5)c4s3)cn2C)cc1C=N. The standard InChI is InChI=1S/C28H24ClN5O2S.C4H10O/c1-15-10-22-26(25(20(15)12-24(35)36)16-4-7-19(29)8-5-16)37-28(33-22)23-14-34(3)27(32-23)17-6-9-21(31-2)18(11-17)13-30;1-4(2,3)5/h4-11,13-14,30-31H,12H2,1-3H3,(H,35,36);5H,1-3H3. The molecule has 3 aromatic carbocycles. The quantitative estimate of drug-likeness (QED) is 0.143. The number of rotatable bonds is 7. The Bertz CT molecular complexity index is 1760. The second kappa shape index (κ2) is 12.4. The number of aromatic nitrogens is 3. The highest BCUT2D eigenvalue weighted by atomic mass is 35.5. The van der Waals surface area contributed by atoms with Crippen LogP contribution in [0.1, 0.15) is 37.5 Å². The number of fused-ring (bicyclic) bond motifs is 1. The Morgan fingerprint density at radius 3 is 2.36 bits per heavy atom. The van der Waals surface area contributed by atoms with E-state index < -0.39 is 11.6 Å². The van der Waals surface area contributed by atoms with Gasteiger partial charge in [0.15, 0.2) is 0 Å². The molecule has 0 bridgehead atoms. The number of benzene rings is 3. The molecule has 5 aromatic rings. The Kier molecular flexibility index (Phi) is 9.15.